The first kappa shape index (κ1) is 19.0. The lowest BCUT2D eigenvalue weighted by Gasteiger charge is -2.51. The summed E-state index contributed by atoms with van der Waals surface area (Å²) in [5.74, 6) is -1.80. The molecule has 1 aromatic carbocycles. The van der Waals surface area contributed by atoms with Crippen molar-refractivity contribution in [2.45, 2.75) is 57.2 Å². The number of phenolic OH excluding ortho intramolecular Hbond substituents is 1. The molecule has 1 aromatic rings. The molecule has 6 atom stereocenters. The molecule has 3 aliphatic carbocycles. The Bertz CT molecular complexity index is 1190. The lowest BCUT2D eigenvalue weighted by Crippen LogP contribution is -2.45. The molecule has 2 saturated carbocycles. The van der Waals surface area contributed by atoms with E-state index in [-0.39, 0.29) is 34.7 Å². The fourth-order valence-electron chi connectivity index (χ4n) is 6.52. The van der Waals surface area contributed by atoms with Gasteiger partial charge in [0.1, 0.15) is 6.10 Å². The Morgan fingerprint density at radius 3 is 2.40 bits per heavy atom. The molecule has 0 radical (unpaired) electrons. The molecule has 0 amide bonds. The van der Waals surface area contributed by atoms with Crippen molar-refractivity contribution in [1.82, 2.24) is 0 Å². The van der Waals surface area contributed by atoms with Gasteiger partial charge in [-0.1, -0.05) is 6.92 Å². The molecule has 2 N–H and O–H groups in total. The number of fused-ring (bicyclic) bond motifs is 6. The highest BCUT2D eigenvalue weighted by Gasteiger charge is 2.59. The zero-order chi connectivity index (χ0) is 21.2. The van der Waals surface area contributed by atoms with Gasteiger partial charge in [-0.3, -0.25) is 0 Å². The highest BCUT2D eigenvalue weighted by Crippen LogP contribution is 2.68. The normalized spacial score (nSPS) is 41.3. The average Bonchev–Trinajstić information content (AvgIpc) is 3.13. The molecule has 10 nitrogen and oxygen atoms in total. The van der Waals surface area contributed by atoms with Crippen molar-refractivity contribution in [2.24, 2.45) is 17.3 Å². The molecule has 5 aliphatic rings. The highest BCUT2D eigenvalue weighted by molar-refractivity contribution is 7.83. The van der Waals surface area contributed by atoms with Crippen LogP contribution in [0.1, 0.15) is 62.2 Å². The predicted molar refractivity (Wildman–Crippen MR) is 98.6 cm³/mol. The van der Waals surface area contributed by atoms with Gasteiger partial charge in [0, 0.05) is 11.1 Å². The number of aliphatic hydroxyl groups is 1. The van der Waals surface area contributed by atoms with Crippen LogP contribution in [0.4, 0.5) is 0 Å². The maximum Gasteiger partial charge on any atom is 0.501 e. The number of rotatable bonds is 0. The third kappa shape index (κ3) is 2.30. The molecule has 164 valence electrons. The van der Waals surface area contributed by atoms with Crippen molar-refractivity contribution in [1.29, 1.82) is 0 Å². The van der Waals surface area contributed by atoms with Crippen LogP contribution in [0.3, 0.4) is 0 Å². The van der Waals surface area contributed by atoms with Gasteiger partial charge in [0.2, 0.25) is 11.5 Å². The van der Waals surface area contributed by atoms with Crippen LogP contribution in [-0.2, 0) is 25.0 Å². The van der Waals surface area contributed by atoms with Crippen LogP contribution in [0, 0.1) is 17.3 Å². The number of hydrogen-bond donors (Lipinski definition) is 2. The second kappa shape index (κ2) is 5.53. The maximum absolute atomic E-state index is 12.2. The molecule has 0 bridgehead atoms. The summed E-state index contributed by atoms with van der Waals surface area (Å²) >= 11 is 0. The summed E-state index contributed by atoms with van der Waals surface area (Å²) in [5, 5.41) is 21.1. The molecule has 0 aromatic heterocycles. The number of aliphatic hydroxyl groups excluding tert-OH is 1. The van der Waals surface area contributed by atoms with Gasteiger partial charge in [0.15, 0.2) is 11.5 Å². The Balaban J connectivity index is 1.60. The molecule has 0 spiro atoms. The number of hydrogen-bond acceptors (Lipinski definition) is 10. The first-order valence-electron chi connectivity index (χ1n) is 9.88. The van der Waals surface area contributed by atoms with Crippen LogP contribution in [0.2, 0.25) is 0 Å². The summed E-state index contributed by atoms with van der Waals surface area (Å²) in [5.41, 5.74) is 0.457. The third-order valence-corrected chi connectivity index (χ3v) is 9.35. The molecular formula is C18H20O10S2. The smallest absolute Gasteiger partial charge is 0.501 e. The van der Waals surface area contributed by atoms with E-state index in [1.165, 1.54) is 0 Å². The van der Waals surface area contributed by atoms with Gasteiger partial charge >= 0.3 is 20.8 Å². The molecule has 6 rings (SSSR count). The largest absolute Gasteiger partial charge is 0.502 e. The molecule has 1 unspecified atom stereocenters. The fourth-order valence-corrected chi connectivity index (χ4v) is 8.16. The van der Waals surface area contributed by atoms with E-state index in [2.05, 4.69) is 6.92 Å². The Kier molecular flexibility index (Phi) is 3.50. The Hall–Kier alpha value is -1.76. The molecule has 30 heavy (non-hydrogen) atoms. The van der Waals surface area contributed by atoms with Gasteiger partial charge in [-0.05, 0) is 55.3 Å². The summed E-state index contributed by atoms with van der Waals surface area (Å²) in [4.78, 5) is 0. The van der Waals surface area contributed by atoms with Crippen LogP contribution in [0.15, 0.2) is 0 Å². The van der Waals surface area contributed by atoms with Crippen molar-refractivity contribution in [3.63, 3.8) is 0 Å². The van der Waals surface area contributed by atoms with Crippen molar-refractivity contribution >= 4 is 20.8 Å². The van der Waals surface area contributed by atoms with E-state index in [0.29, 0.717) is 30.4 Å². The fraction of sp³-hybridized carbons (Fsp3) is 0.667. The van der Waals surface area contributed by atoms with Gasteiger partial charge in [-0.2, -0.15) is 8.42 Å². The standard InChI is InChI=1S/C18H20O10S2/c1-18-5-4-7-8(9(18)2-3-11(18)19)6-10-13-12(7)16-17(28-30(23,24)27-16)14(20)15(13)26-29(21,22)25-10/h7-11,19-20H,2-6H2,1H3/t7-,8-,9-,10?,11-,18-/m0/s1. The average molecular weight is 460 g/mol. The Morgan fingerprint density at radius 2 is 1.63 bits per heavy atom. The van der Waals surface area contributed by atoms with Crippen LogP contribution in [0.25, 0.3) is 0 Å². The molecule has 2 aliphatic heterocycles. The van der Waals surface area contributed by atoms with Crippen LogP contribution in [-0.4, -0.2) is 33.2 Å². The summed E-state index contributed by atoms with van der Waals surface area (Å²) in [6.45, 7) is 2.05. The predicted octanol–water partition coefficient (Wildman–Crippen LogP) is 1.78. The summed E-state index contributed by atoms with van der Waals surface area (Å²) in [6.07, 6.45) is 1.78. The Morgan fingerprint density at radius 1 is 0.933 bits per heavy atom. The van der Waals surface area contributed by atoms with E-state index in [4.69, 9.17) is 16.7 Å². The first-order valence-corrected chi connectivity index (χ1v) is 12.5. The molecular weight excluding hydrogens is 440 g/mol. The lowest BCUT2D eigenvalue weighted by molar-refractivity contribution is -0.0364. The zero-order valence-electron chi connectivity index (χ0n) is 15.9. The van der Waals surface area contributed by atoms with Crippen LogP contribution < -0.4 is 12.5 Å². The second-order valence-corrected chi connectivity index (χ2v) is 11.4. The quantitative estimate of drug-likeness (QED) is 0.587. The van der Waals surface area contributed by atoms with E-state index in [9.17, 15) is 27.0 Å². The lowest BCUT2D eigenvalue weighted by atomic mass is 9.55. The van der Waals surface area contributed by atoms with E-state index in [1.807, 2.05) is 0 Å². The van der Waals surface area contributed by atoms with E-state index < -0.39 is 44.5 Å². The van der Waals surface area contributed by atoms with Crippen LogP contribution >= 0.6 is 0 Å². The van der Waals surface area contributed by atoms with Gasteiger partial charge in [-0.25, -0.2) is 4.18 Å². The van der Waals surface area contributed by atoms with Crippen molar-refractivity contribution in [3.05, 3.63) is 11.1 Å². The van der Waals surface area contributed by atoms with E-state index >= 15 is 0 Å². The van der Waals surface area contributed by atoms with Crippen molar-refractivity contribution < 1.29 is 43.8 Å². The topological polar surface area (TPSA) is 146 Å². The summed E-state index contributed by atoms with van der Waals surface area (Å²) in [7, 11) is -8.88. The minimum absolute atomic E-state index is 0.0555. The second-order valence-electron chi connectivity index (χ2n) is 9.06. The minimum Gasteiger partial charge on any atom is -0.502 e. The van der Waals surface area contributed by atoms with Crippen molar-refractivity contribution in [3.8, 4) is 23.0 Å². The molecule has 0 saturated heterocycles. The van der Waals surface area contributed by atoms with Gasteiger partial charge < -0.3 is 22.8 Å². The number of phenols is 1. The number of benzene rings is 1. The van der Waals surface area contributed by atoms with Gasteiger partial charge in [0.25, 0.3) is 0 Å². The first-order chi connectivity index (χ1) is 14.0. The maximum atomic E-state index is 12.2. The monoisotopic (exact) mass is 460 g/mol. The summed E-state index contributed by atoms with van der Waals surface area (Å²) < 4.78 is 68.5. The SMILES string of the molecule is C[C@]12CC[C@@H]3c4c5c(c(O)c6c4C(C[C@@H]3[C@@H]1CC[C@@H]2O)OS(=O)(=O)O6)OS(=O)(=O)O5. The summed E-state index contributed by atoms with van der Waals surface area (Å²) in [6, 6.07) is 0. The van der Waals surface area contributed by atoms with E-state index in [1.54, 1.807) is 0 Å². The van der Waals surface area contributed by atoms with Crippen molar-refractivity contribution in [2.75, 3.05) is 0 Å². The van der Waals surface area contributed by atoms with Gasteiger partial charge in [0.05, 0.1) is 6.10 Å². The molecule has 2 heterocycles. The zero-order valence-corrected chi connectivity index (χ0v) is 17.5. The Labute approximate surface area is 173 Å². The molecule has 2 fully saturated rings. The third-order valence-electron chi connectivity index (χ3n) is 7.77. The van der Waals surface area contributed by atoms with Gasteiger partial charge in [-0.15, -0.1) is 8.42 Å². The highest BCUT2D eigenvalue weighted by atomic mass is 32.3. The van der Waals surface area contributed by atoms with E-state index in [0.717, 1.165) is 12.8 Å². The number of aromatic hydroxyl groups is 1. The molecule has 12 heteroatoms. The minimum atomic E-state index is -4.45. The van der Waals surface area contributed by atoms with Crippen LogP contribution in [0.5, 0.6) is 23.0 Å².